The van der Waals surface area contributed by atoms with Crippen molar-refractivity contribution in [3.8, 4) is 0 Å². The summed E-state index contributed by atoms with van der Waals surface area (Å²) in [6.45, 7) is 1.89. The van der Waals surface area contributed by atoms with Gasteiger partial charge in [-0.15, -0.1) is 0 Å². The van der Waals surface area contributed by atoms with Crippen molar-refractivity contribution in [3.05, 3.63) is 83.4 Å². The standard InChI is InChI=1S/C23H16N4O2/c1-13-16(24-20-14-7-2-4-9-18(14)26-22(20)28)11-6-12-17(13)25-21-15-8-3-5-10-19(15)27-23(21)29/h2-12H,1H3,(H,24,26,28)(H,25,27,29). The number of hydrogen-bond acceptors (Lipinski definition) is 4. The summed E-state index contributed by atoms with van der Waals surface area (Å²) in [6.07, 6.45) is 0. The number of benzene rings is 3. The highest BCUT2D eigenvalue weighted by molar-refractivity contribution is 6.54. The Balaban J connectivity index is 1.59. The number of rotatable bonds is 2. The number of carbonyl (C=O) groups excluding carboxylic acids is 2. The first-order valence-electron chi connectivity index (χ1n) is 9.20. The van der Waals surface area contributed by atoms with Gasteiger partial charge in [0.05, 0.1) is 22.7 Å². The molecule has 0 aliphatic carbocycles. The largest absolute Gasteiger partial charge is 0.320 e. The molecule has 140 valence electrons. The van der Waals surface area contributed by atoms with E-state index in [0.29, 0.717) is 22.8 Å². The third-order valence-corrected chi connectivity index (χ3v) is 5.03. The van der Waals surface area contributed by atoms with E-state index in [2.05, 4.69) is 20.6 Å². The summed E-state index contributed by atoms with van der Waals surface area (Å²) in [5, 5.41) is 5.65. The number of aliphatic imine (C=N–C) groups is 2. The fraction of sp³-hybridized carbons (Fsp3) is 0.0435. The monoisotopic (exact) mass is 380 g/mol. The summed E-state index contributed by atoms with van der Waals surface area (Å²) in [4.78, 5) is 34.0. The highest BCUT2D eigenvalue weighted by Gasteiger charge is 2.27. The molecule has 0 aromatic heterocycles. The van der Waals surface area contributed by atoms with Crippen LogP contribution in [0.2, 0.25) is 0 Å². The molecule has 0 fully saturated rings. The van der Waals surface area contributed by atoms with Gasteiger partial charge >= 0.3 is 0 Å². The van der Waals surface area contributed by atoms with Crippen LogP contribution in [0.1, 0.15) is 16.7 Å². The third-order valence-electron chi connectivity index (χ3n) is 5.03. The molecule has 5 rings (SSSR count). The van der Waals surface area contributed by atoms with Crippen LogP contribution >= 0.6 is 0 Å². The second kappa shape index (κ2) is 6.53. The maximum absolute atomic E-state index is 12.4. The van der Waals surface area contributed by atoms with Gasteiger partial charge in [-0.25, -0.2) is 9.98 Å². The fourth-order valence-corrected chi connectivity index (χ4v) is 3.52. The first kappa shape index (κ1) is 17.1. The van der Waals surface area contributed by atoms with Crippen molar-refractivity contribution in [2.45, 2.75) is 6.92 Å². The number of nitrogens with zero attached hydrogens (tertiary/aromatic N) is 2. The van der Waals surface area contributed by atoms with Gasteiger partial charge in [-0.1, -0.05) is 42.5 Å². The molecule has 2 aliphatic rings. The SMILES string of the molecule is Cc1c(N=C2C(=O)Nc3ccccc32)cccc1N=C1C(=O)Nc2ccccc21. The lowest BCUT2D eigenvalue weighted by Gasteiger charge is -2.06. The molecule has 6 nitrogen and oxygen atoms in total. The van der Waals surface area contributed by atoms with Crippen LogP contribution in [0.5, 0.6) is 0 Å². The summed E-state index contributed by atoms with van der Waals surface area (Å²) in [7, 11) is 0. The minimum atomic E-state index is -0.230. The van der Waals surface area contributed by atoms with Crippen LogP contribution in [0.25, 0.3) is 0 Å². The number of carbonyl (C=O) groups is 2. The number of anilines is 2. The molecule has 2 amide bonds. The summed E-state index contributed by atoms with van der Waals surface area (Å²) in [6, 6.07) is 20.4. The van der Waals surface area contributed by atoms with E-state index in [1.807, 2.05) is 73.7 Å². The van der Waals surface area contributed by atoms with Crippen LogP contribution in [-0.2, 0) is 9.59 Å². The highest BCUT2D eigenvalue weighted by atomic mass is 16.2. The quantitative estimate of drug-likeness (QED) is 0.700. The predicted molar refractivity (Wildman–Crippen MR) is 114 cm³/mol. The Morgan fingerprint density at radius 3 is 1.55 bits per heavy atom. The second-order valence-electron chi connectivity index (χ2n) is 6.84. The molecule has 3 aromatic carbocycles. The molecular weight excluding hydrogens is 364 g/mol. The van der Waals surface area contributed by atoms with Crippen molar-refractivity contribution >= 4 is 46.0 Å². The lowest BCUT2D eigenvalue weighted by Crippen LogP contribution is -2.14. The van der Waals surface area contributed by atoms with Crippen molar-refractivity contribution in [1.29, 1.82) is 0 Å². The number of para-hydroxylation sites is 2. The normalized spacial score (nSPS) is 17.3. The molecule has 2 N–H and O–H groups in total. The molecule has 0 saturated carbocycles. The van der Waals surface area contributed by atoms with E-state index in [4.69, 9.17) is 0 Å². The smallest absolute Gasteiger partial charge is 0.275 e. The van der Waals surface area contributed by atoms with E-state index in [-0.39, 0.29) is 11.8 Å². The Kier molecular flexibility index (Phi) is 3.84. The number of fused-ring (bicyclic) bond motifs is 2. The molecule has 0 radical (unpaired) electrons. The van der Waals surface area contributed by atoms with E-state index in [1.54, 1.807) is 0 Å². The van der Waals surface area contributed by atoms with Gasteiger partial charge in [0.25, 0.3) is 11.8 Å². The number of amides is 2. The summed E-state index contributed by atoms with van der Waals surface area (Å²) < 4.78 is 0. The molecule has 2 heterocycles. The lowest BCUT2D eigenvalue weighted by atomic mass is 10.1. The van der Waals surface area contributed by atoms with E-state index in [1.165, 1.54) is 0 Å². The van der Waals surface area contributed by atoms with Crippen LogP contribution < -0.4 is 10.6 Å². The minimum absolute atomic E-state index is 0.230. The average Bonchev–Trinajstić information content (AvgIpc) is 3.21. The van der Waals surface area contributed by atoms with Crippen molar-refractivity contribution in [1.82, 2.24) is 0 Å². The molecule has 0 saturated heterocycles. The first-order chi connectivity index (χ1) is 14.1. The lowest BCUT2D eigenvalue weighted by molar-refractivity contribution is -0.110. The Bertz CT molecular complexity index is 1160. The molecule has 0 unspecified atom stereocenters. The van der Waals surface area contributed by atoms with E-state index in [0.717, 1.165) is 28.1 Å². The van der Waals surface area contributed by atoms with Crippen molar-refractivity contribution in [2.24, 2.45) is 9.98 Å². The first-order valence-corrected chi connectivity index (χ1v) is 9.20. The molecule has 3 aromatic rings. The van der Waals surface area contributed by atoms with Crippen LogP contribution in [0.15, 0.2) is 76.7 Å². The predicted octanol–water partition coefficient (Wildman–Crippen LogP) is 4.14. The zero-order chi connectivity index (χ0) is 20.0. The maximum atomic E-state index is 12.4. The number of hydrogen-bond donors (Lipinski definition) is 2. The Morgan fingerprint density at radius 2 is 1.07 bits per heavy atom. The summed E-state index contributed by atoms with van der Waals surface area (Å²) >= 11 is 0. The minimum Gasteiger partial charge on any atom is -0.320 e. The van der Waals surface area contributed by atoms with Gasteiger partial charge in [0, 0.05) is 16.7 Å². The molecule has 6 heteroatoms. The molecule has 0 spiro atoms. The summed E-state index contributed by atoms with van der Waals surface area (Å²) in [5.41, 5.74) is 5.88. The van der Waals surface area contributed by atoms with E-state index in [9.17, 15) is 9.59 Å². The maximum Gasteiger partial charge on any atom is 0.275 e. The molecule has 2 aliphatic heterocycles. The van der Waals surface area contributed by atoms with Gasteiger partial charge in [0.2, 0.25) is 0 Å². The molecule has 0 bridgehead atoms. The van der Waals surface area contributed by atoms with Gasteiger partial charge in [-0.3, -0.25) is 9.59 Å². The molecular formula is C23H16N4O2. The van der Waals surface area contributed by atoms with Gasteiger partial charge in [-0.05, 0) is 31.2 Å². The van der Waals surface area contributed by atoms with Gasteiger partial charge in [-0.2, -0.15) is 0 Å². The van der Waals surface area contributed by atoms with Crippen molar-refractivity contribution < 1.29 is 9.59 Å². The average molecular weight is 380 g/mol. The Morgan fingerprint density at radius 1 is 0.621 bits per heavy atom. The Labute approximate surface area is 167 Å². The Hall–Kier alpha value is -4.06. The molecule has 29 heavy (non-hydrogen) atoms. The van der Waals surface area contributed by atoms with Crippen molar-refractivity contribution in [2.75, 3.05) is 10.6 Å². The fourth-order valence-electron chi connectivity index (χ4n) is 3.52. The number of nitrogens with one attached hydrogen (secondary N) is 2. The zero-order valence-corrected chi connectivity index (χ0v) is 15.6. The van der Waals surface area contributed by atoms with Crippen LogP contribution in [0.3, 0.4) is 0 Å². The van der Waals surface area contributed by atoms with Crippen LogP contribution in [-0.4, -0.2) is 23.2 Å². The third kappa shape index (κ3) is 2.82. The van der Waals surface area contributed by atoms with Gasteiger partial charge in [0.1, 0.15) is 11.4 Å². The van der Waals surface area contributed by atoms with Crippen LogP contribution in [0.4, 0.5) is 22.7 Å². The van der Waals surface area contributed by atoms with Gasteiger partial charge < -0.3 is 10.6 Å². The van der Waals surface area contributed by atoms with Crippen molar-refractivity contribution in [3.63, 3.8) is 0 Å². The zero-order valence-electron chi connectivity index (χ0n) is 15.6. The highest BCUT2D eigenvalue weighted by Crippen LogP contribution is 2.33. The summed E-state index contributed by atoms with van der Waals surface area (Å²) in [5.74, 6) is -0.460. The van der Waals surface area contributed by atoms with E-state index < -0.39 is 0 Å². The van der Waals surface area contributed by atoms with Crippen LogP contribution in [0, 0.1) is 6.92 Å². The van der Waals surface area contributed by atoms with Gasteiger partial charge in [0.15, 0.2) is 0 Å². The topological polar surface area (TPSA) is 82.9 Å². The second-order valence-corrected chi connectivity index (χ2v) is 6.84. The molecule has 0 atom stereocenters. The van der Waals surface area contributed by atoms with E-state index >= 15 is 0 Å².